The number of nitrogens with two attached hydrogens (primary N) is 1. The third kappa shape index (κ3) is 3.98. The second-order valence-electron chi connectivity index (χ2n) is 4.40. The van der Waals surface area contributed by atoms with Crippen molar-refractivity contribution in [2.45, 2.75) is 11.3 Å². The number of azide groups is 1. The number of hydrogen-bond acceptors (Lipinski definition) is 4. The zero-order chi connectivity index (χ0) is 16.0. The minimum atomic E-state index is -3.97. The van der Waals surface area contributed by atoms with Gasteiger partial charge in [-0.15, -0.1) is 0 Å². The van der Waals surface area contributed by atoms with Crippen molar-refractivity contribution in [1.82, 2.24) is 0 Å². The fourth-order valence-corrected chi connectivity index (χ4v) is 2.47. The first-order valence-electron chi connectivity index (χ1n) is 6.43. The Morgan fingerprint density at radius 2 is 1.59 bits per heavy atom. The lowest BCUT2D eigenvalue weighted by atomic mass is 10.1. The standard InChI is InChI=1S/C14H14N4O3S/c15-10-9-11-1-3-12(4-2-11)21-13-5-7-14(8-6-13)22(19,20)18-17-16/h1-8H,9-10,15H2. The SMILES string of the molecule is [N-]=[N+]=NS(=O)(=O)c1ccc(Oc2ccc(CCN)cc2)cc1. The minimum absolute atomic E-state index is 0.0871. The van der Waals surface area contributed by atoms with E-state index in [-0.39, 0.29) is 4.90 Å². The van der Waals surface area contributed by atoms with Gasteiger partial charge in [-0.25, -0.2) is 8.42 Å². The van der Waals surface area contributed by atoms with Gasteiger partial charge < -0.3 is 10.5 Å². The maximum absolute atomic E-state index is 11.5. The molecule has 2 rings (SSSR count). The van der Waals surface area contributed by atoms with Gasteiger partial charge in [-0.3, -0.25) is 0 Å². The van der Waals surface area contributed by atoms with Crippen LogP contribution in [0.1, 0.15) is 5.56 Å². The van der Waals surface area contributed by atoms with E-state index in [1.807, 2.05) is 24.3 Å². The summed E-state index contributed by atoms with van der Waals surface area (Å²) in [6.45, 7) is 0.585. The lowest BCUT2D eigenvalue weighted by Gasteiger charge is -2.07. The largest absolute Gasteiger partial charge is 0.457 e. The maximum atomic E-state index is 11.5. The predicted molar refractivity (Wildman–Crippen MR) is 82.0 cm³/mol. The molecule has 22 heavy (non-hydrogen) atoms. The number of ether oxygens (including phenoxy) is 1. The highest BCUT2D eigenvalue weighted by Crippen LogP contribution is 2.24. The Morgan fingerprint density at radius 3 is 2.09 bits per heavy atom. The first kappa shape index (κ1) is 15.8. The summed E-state index contributed by atoms with van der Waals surface area (Å²) in [6, 6.07) is 13.1. The van der Waals surface area contributed by atoms with Crippen LogP contribution >= 0.6 is 0 Å². The molecule has 0 aliphatic heterocycles. The summed E-state index contributed by atoms with van der Waals surface area (Å²) in [5, 5.41) is 0. The second kappa shape index (κ2) is 6.95. The molecule has 0 radical (unpaired) electrons. The Kier molecular flexibility index (Phi) is 5.00. The van der Waals surface area contributed by atoms with Crippen LogP contribution < -0.4 is 10.5 Å². The molecule has 0 saturated carbocycles. The third-order valence-electron chi connectivity index (χ3n) is 2.86. The highest BCUT2D eigenvalue weighted by Gasteiger charge is 2.11. The number of rotatable bonds is 6. The summed E-state index contributed by atoms with van der Waals surface area (Å²) in [7, 11) is -3.97. The van der Waals surface area contributed by atoms with E-state index in [0.717, 1.165) is 12.0 Å². The number of benzene rings is 2. The predicted octanol–water partition coefficient (Wildman–Crippen LogP) is 2.98. The van der Waals surface area contributed by atoms with Gasteiger partial charge in [0.2, 0.25) is 0 Å². The Hall–Kier alpha value is -2.54. The van der Waals surface area contributed by atoms with Crippen molar-refractivity contribution in [2.24, 2.45) is 10.3 Å². The minimum Gasteiger partial charge on any atom is -0.457 e. The van der Waals surface area contributed by atoms with E-state index in [2.05, 4.69) is 9.43 Å². The van der Waals surface area contributed by atoms with Crippen LogP contribution in [0, 0.1) is 0 Å². The molecule has 2 aromatic rings. The molecule has 114 valence electrons. The van der Waals surface area contributed by atoms with Crippen LogP contribution in [-0.4, -0.2) is 15.0 Å². The maximum Gasteiger partial charge on any atom is 0.264 e. The molecule has 0 bridgehead atoms. The molecule has 0 amide bonds. The number of hydrogen-bond donors (Lipinski definition) is 1. The van der Waals surface area contributed by atoms with Gasteiger partial charge in [-0.05, 0) is 60.5 Å². The van der Waals surface area contributed by atoms with Crippen molar-refractivity contribution in [3.05, 3.63) is 64.5 Å². The quantitative estimate of drug-likeness (QED) is 0.500. The van der Waals surface area contributed by atoms with Gasteiger partial charge in [0.15, 0.2) is 0 Å². The van der Waals surface area contributed by atoms with Crippen molar-refractivity contribution >= 4 is 10.0 Å². The fraction of sp³-hybridized carbons (Fsp3) is 0.143. The summed E-state index contributed by atoms with van der Waals surface area (Å²) in [5.41, 5.74) is 14.8. The van der Waals surface area contributed by atoms with Crippen LogP contribution in [0.3, 0.4) is 0 Å². The monoisotopic (exact) mass is 318 g/mol. The van der Waals surface area contributed by atoms with Crippen molar-refractivity contribution < 1.29 is 13.2 Å². The lowest BCUT2D eigenvalue weighted by molar-refractivity contribution is 0.482. The Morgan fingerprint density at radius 1 is 1.05 bits per heavy atom. The van der Waals surface area contributed by atoms with Crippen LogP contribution in [0.4, 0.5) is 0 Å². The zero-order valence-corrected chi connectivity index (χ0v) is 12.4. The Labute approximate surface area is 128 Å². The average molecular weight is 318 g/mol. The molecule has 0 aliphatic carbocycles. The van der Waals surface area contributed by atoms with E-state index in [1.54, 1.807) is 0 Å². The molecule has 0 saturated heterocycles. The van der Waals surface area contributed by atoms with Gasteiger partial charge in [0.25, 0.3) is 10.0 Å². The molecule has 0 spiro atoms. The van der Waals surface area contributed by atoms with Crippen LogP contribution in [0.25, 0.3) is 10.4 Å². The molecule has 7 nitrogen and oxygen atoms in total. The average Bonchev–Trinajstić information content (AvgIpc) is 2.50. The topological polar surface area (TPSA) is 118 Å². The van der Waals surface area contributed by atoms with E-state index in [9.17, 15) is 8.42 Å². The second-order valence-corrected chi connectivity index (χ2v) is 5.99. The molecule has 0 aliphatic rings. The van der Waals surface area contributed by atoms with Gasteiger partial charge in [-0.2, -0.15) is 0 Å². The summed E-state index contributed by atoms with van der Waals surface area (Å²) in [5.74, 6) is 1.11. The van der Waals surface area contributed by atoms with Crippen LogP contribution in [0.2, 0.25) is 0 Å². The molecule has 0 aromatic heterocycles. The lowest BCUT2D eigenvalue weighted by Crippen LogP contribution is -2.02. The van der Waals surface area contributed by atoms with Gasteiger partial charge in [0, 0.05) is 9.43 Å². The van der Waals surface area contributed by atoms with E-state index < -0.39 is 10.0 Å². The smallest absolute Gasteiger partial charge is 0.264 e. The van der Waals surface area contributed by atoms with Gasteiger partial charge in [0.1, 0.15) is 11.5 Å². The van der Waals surface area contributed by atoms with E-state index in [0.29, 0.717) is 18.0 Å². The van der Waals surface area contributed by atoms with E-state index in [4.69, 9.17) is 16.0 Å². The molecular weight excluding hydrogens is 304 g/mol. The summed E-state index contributed by atoms with van der Waals surface area (Å²) in [6.07, 6.45) is 0.798. The molecule has 0 heterocycles. The number of sulfonamides is 1. The molecule has 2 aromatic carbocycles. The van der Waals surface area contributed by atoms with Crippen LogP contribution in [0.5, 0.6) is 11.5 Å². The Balaban J connectivity index is 2.13. The van der Waals surface area contributed by atoms with E-state index in [1.165, 1.54) is 24.3 Å². The highest BCUT2D eigenvalue weighted by molar-refractivity contribution is 7.90. The summed E-state index contributed by atoms with van der Waals surface area (Å²) < 4.78 is 31.4. The van der Waals surface area contributed by atoms with E-state index >= 15 is 0 Å². The van der Waals surface area contributed by atoms with Crippen molar-refractivity contribution in [2.75, 3.05) is 6.54 Å². The highest BCUT2D eigenvalue weighted by atomic mass is 32.2. The van der Waals surface area contributed by atoms with Crippen LogP contribution in [0.15, 0.2) is 57.9 Å². The van der Waals surface area contributed by atoms with Crippen molar-refractivity contribution in [3.63, 3.8) is 0 Å². The first-order chi connectivity index (χ1) is 10.5. The summed E-state index contributed by atoms with van der Waals surface area (Å²) in [4.78, 5) is 2.21. The van der Waals surface area contributed by atoms with Gasteiger partial charge in [-0.1, -0.05) is 12.1 Å². The van der Waals surface area contributed by atoms with Crippen molar-refractivity contribution in [3.8, 4) is 11.5 Å². The van der Waals surface area contributed by atoms with Crippen LogP contribution in [-0.2, 0) is 16.4 Å². The van der Waals surface area contributed by atoms with Crippen molar-refractivity contribution in [1.29, 1.82) is 0 Å². The third-order valence-corrected chi connectivity index (χ3v) is 4.01. The Bertz CT molecular complexity index is 780. The summed E-state index contributed by atoms with van der Waals surface area (Å²) >= 11 is 0. The number of nitrogens with zero attached hydrogens (tertiary/aromatic N) is 3. The molecular formula is C14H14N4O3S. The normalized spacial score (nSPS) is 10.8. The molecule has 0 unspecified atom stereocenters. The molecule has 2 N–H and O–H groups in total. The van der Waals surface area contributed by atoms with Gasteiger partial charge >= 0.3 is 0 Å². The fourth-order valence-electron chi connectivity index (χ4n) is 1.80. The van der Waals surface area contributed by atoms with Gasteiger partial charge in [0.05, 0.1) is 4.90 Å². The molecule has 0 atom stereocenters. The molecule has 0 fully saturated rings. The zero-order valence-electron chi connectivity index (χ0n) is 11.6. The first-order valence-corrected chi connectivity index (χ1v) is 7.87. The molecule has 8 heteroatoms.